The van der Waals surface area contributed by atoms with E-state index < -0.39 is 0 Å². The van der Waals surface area contributed by atoms with Gasteiger partial charge in [-0.1, -0.05) is 6.42 Å². The molecule has 2 aliphatic heterocycles. The van der Waals surface area contributed by atoms with Gasteiger partial charge < -0.3 is 19.9 Å². The van der Waals surface area contributed by atoms with Crippen LogP contribution in [0.4, 0.5) is 11.6 Å². The summed E-state index contributed by atoms with van der Waals surface area (Å²) >= 11 is 0. The minimum Gasteiger partial charge on any atom is -0.358 e. The molecule has 0 aliphatic carbocycles. The van der Waals surface area contributed by atoms with Gasteiger partial charge in [0.1, 0.15) is 0 Å². The van der Waals surface area contributed by atoms with Gasteiger partial charge in [-0.2, -0.15) is 0 Å². The first-order valence-electron chi connectivity index (χ1n) is 7.56. The molecule has 6 heteroatoms. The van der Waals surface area contributed by atoms with Crippen LogP contribution in [0.1, 0.15) is 32.1 Å². The highest BCUT2D eigenvalue weighted by Gasteiger charge is 2.27. The van der Waals surface area contributed by atoms with Gasteiger partial charge in [0.05, 0.1) is 0 Å². The van der Waals surface area contributed by atoms with Gasteiger partial charge in [0, 0.05) is 31.3 Å². The minimum absolute atomic E-state index is 0.0816. The number of piperidine rings is 2. The molecule has 3 rings (SSSR count). The van der Waals surface area contributed by atoms with Crippen LogP contribution in [0.15, 0.2) is 12.1 Å². The van der Waals surface area contributed by atoms with Crippen LogP contribution in [0.5, 0.6) is 0 Å². The van der Waals surface area contributed by atoms with E-state index >= 15 is 0 Å². The molecular formula is C14H22N4O2. The first kappa shape index (κ1) is 13.4. The molecule has 6 nitrogen and oxygen atoms in total. The largest absolute Gasteiger partial charge is 0.358 e. The Morgan fingerprint density at radius 2 is 1.80 bits per heavy atom. The van der Waals surface area contributed by atoms with Gasteiger partial charge in [-0.05, 0) is 43.7 Å². The molecule has 0 unspecified atom stereocenters. The fourth-order valence-electron chi connectivity index (χ4n) is 3.42. The lowest BCUT2D eigenvalue weighted by molar-refractivity contribution is -0.389. The summed E-state index contributed by atoms with van der Waals surface area (Å²) in [7, 11) is 0. The molecular weight excluding hydrogens is 256 g/mol. The van der Waals surface area contributed by atoms with Crippen molar-refractivity contribution in [1.82, 2.24) is 9.88 Å². The summed E-state index contributed by atoms with van der Waals surface area (Å²) in [6.45, 7) is 4.47. The maximum absolute atomic E-state index is 10.7. The van der Waals surface area contributed by atoms with Crippen LogP contribution in [0.25, 0.3) is 0 Å². The SMILES string of the molecule is O=[N+]([O-])c1ccc(N2CCC(N3CCCCC3)CC2)[nH]1. The average molecular weight is 278 g/mol. The number of nitrogens with zero attached hydrogens (tertiary/aromatic N) is 3. The summed E-state index contributed by atoms with van der Waals surface area (Å²) < 4.78 is 0. The Labute approximate surface area is 118 Å². The zero-order valence-electron chi connectivity index (χ0n) is 11.8. The number of H-pyrrole nitrogens is 1. The van der Waals surface area contributed by atoms with E-state index in [2.05, 4.69) is 14.8 Å². The molecule has 110 valence electrons. The lowest BCUT2D eigenvalue weighted by atomic mass is 10.00. The van der Waals surface area contributed by atoms with Crippen LogP contribution >= 0.6 is 0 Å². The molecule has 1 N–H and O–H groups in total. The highest BCUT2D eigenvalue weighted by Crippen LogP contribution is 2.25. The molecule has 0 atom stereocenters. The van der Waals surface area contributed by atoms with Crippen molar-refractivity contribution < 1.29 is 4.92 Å². The van der Waals surface area contributed by atoms with Crippen LogP contribution in [0.3, 0.4) is 0 Å². The number of anilines is 1. The topological polar surface area (TPSA) is 65.4 Å². The van der Waals surface area contributed by atoms with E-state index in [4.69, 9.17) is 0 Å². The smallest absolute Gasteiger partial charge is 0.322 e. The van der Waals surface area contributed by atoms with Crippen LogP contribution in [0.2, 0.25) is 0 Å². The first-order chi connectivity index (χ1) is 9.74. The molecule has 1 aromatic heterocycles. The Kier molecular flexibility index (Phi) is 3.91. The number of hydrogen-bond donors (Lipinski definition) is 1. The van der Waals surface area contributed by atoms with Crippen molar-refractivity contribution in [3.05, 3.63) is 22.2 Å². The third kappa shape index (κ3) is 2.80. The standard InChI is InChI=1S/C14H22N4O2/c19-18(20)14-5-4-13(15-14)17-10-6-12(7-11-17)16-8-2-1-3-9-16/h4-5,12,15H,1-3,6-11H2. The lowest BCUT2D eigenvalue weighted by Gasteiger charge is -2.40. The number of nitrogens with one attached hydrogen (secondary N) is 1. The molecule has 0 bridgehead atoms. The summed E-state index contributed by atoms with van der Waals surface area (Å²) in [4.78, 5) is 18.1. The van der Waals surface area contributed by atoms with Crippen molar-refractivity contribution in [3.63, 3.8) is 0 Å². The number of aromatic amines is 1. The monoisotopic (exact) mass is 278 g/mol. The Morgan fingerprint density at radius 1 is 1.10 bits per heavy atom. The number of nitro groups is 1. The molecule has 0 aromatic carbocycles. The van der Waals surface area contributed by atoms with Gasteiger partial charge in [-0.3, -0.25) is 0 Å². The highest BCUT2D eigenvalue weighted by atomic mass is 16.6. The first-order valence-corrected chi connectivity index (χ1v) is 7.56. The normalized spacial score (nSPS) is 22.1. The molecule has 0 saturated carbocycles. The molecule has 0 amide bonds. The van der Waals surface area contributed by atoms with Crippen molar-refractivity contribution in [3.8, 4) is 0 Å². The van der Waals surface area contributed by atoms with Crippen molar-refractivity contribution in [2.45, 2.75) is 38.1 Å². The van der Waals surface area contributed by atoms with E-state index in [1.807, 2.05) is 6.07 Å². The van der Waals surface area contributed by atoms with Crippen molar-refractivity contribution in [1.29, 1.82) is 0 Å². The second-order valence-electron chi connectivity index (χ2n) is 5.80. The lowest BCUT2D eigenvalue weighted by Crippen LogP contribution is -2.46. The van der Waals surface area contributed by atoms with Crippen molar-refractivity contribution in [2.24, 2.45) is 0 Å². The Bertz CT molecular complexity index is 459. The third-order valence-electron chi connectivity index (χ3n) is 4.56. The second kappa shape index (κ2) is 5.83. The molecule has 1 aromatic rings. The van der Waals surface area contributed by atoms with Crippen LogP contribution in [-0.4, -0.2) is 47.0 Å². The van der Waals surface area contributed by atoms with E-state index in [0.29, 0.717) is 6.04 Å². The predicted molar refractivity (Wildman–Crippen MR) is 78.1 cm³/mol. The van der Waals surface area contributed by atoms with Crippen LogP contribution in [0, 0.1) is 10.1 Å². The highest BCUT2D eigenvalue weighted by molar-refractivity contribution is 5.45. The van der Waals surface area contributed by atoms with Gasteiger partial charge in [0.25, 0.3) is 0 Å². The van der Waals surface area contributed by atoms with Gasteiger partial charge in [-0.15, -0.1) is 0 Å². The number of hydrogen-bond acceptors (Lipinski definition) is 4. The van der Waals surface area contributed by atoms with E-state index in [-0.39, 0.29) is 10.7 Å². The van der Waals surface area contributed by atoms with E-state index in [0.717, 1.165) is 31.7 Å². The molecule has 2 fully saturated rings. The van der Waals surface area contributed by atoms with Gasteiger partial charge >= 0.3 is 5.82 Å². The third-order valence-corrected chi connectivity index (χ3v) is 4.56. The molecule has 20 heavy (non-hydrogen) atoms. The van der Waals surface area contributed by atoms with E-state index in [1.54, 1.807) is 6.07 Å². The molecule has 0 radical (unpaired) electrons. The fraction of sp³-hybridized carbons (Fsp3) is 0.714. The number of rotatable bonds is 3. The summed E-state index contributed by atoms with van der Waals surface area (Å²) in [5.41, 5.74) is 0. The Balaban J connectivity index is 1.56. The van der Waals surface area contributed by atoms with Gasteiger partial charge in [-0.25, -0.2) is 4.98 Å². The average Bonchev–Trinajstić information content (AvgIpc) is 2.98. The second-order valence-corrected chi connectivity index (χ2v) is 5.80. The summed E-state index contributed by atoms with van der Waals surface area (Å²) in [6, 6.07) is 4.07. The van der Waals surface area contributed by atoms with E-state index in [9.17, 15) is 10.1 Å². The zero-order chi connectivity index (χ0) is 13.9. The molecule has 2 saturated heterocycles. The Hall–Kier alpha value is -1.56. The van der Waals surface area contributed by atoms with Crippen molar-refractivity contribution >= 4 is 11.6 Å². The predicted octanol–water partition coefficient (Wildman–Crippen LogP) is 2.38. The van der Waals surface area contributed by atoms with Crippen molar-refractivity contribution in [2.75, 3.05) is 31.1 Å². The quantitative estimate of drug-likeness (QED) is 0.681. The van der Waals surface area contributed by atoms with E-state index in [1.165, 1.54) is 32.4 Å². The number of aromatic nitrogens is 1. The summed E-state index contributed by atoms with van der Waals surface area (Å²) in [6.07, 6.45) is 6.37. The zero-order valence-corrected chi connectivity index (χ0v) is 11.8. The number of likely N-dealkylation sites (tertiary alicyclic amines) is 1. The minimum atomic E-state index is -0.371. The molecule has 2 aliphatic rings. The Morgan fingerprint density at radius 3 is 2.40 bits per heavy atom. The molecule has 0 spiro atoms. The van der Waals surface area contributed by atoms with Gasteiger partial charge in [0.2, 0.25) is 0 Å². The maximum atomic E-state index is 10.7. The van der Waals surface area contributed by atoms with Crippen LogP contribution < -0.4 is 4.90 Å². The molecule has 3 heterocycles. The van der Waals surface area contributed by atoms with Crippen LogP contribution in [-0.2, 0) is 0 Å². The maximum Gasteiger partial charge on any atom is 0.322 e. The summed E-state index contributed by atoms with van der Waals surface area (Å²) in [5.74, 6) is 0.965. The fourth-order valence-corrected chi connectivity index (χ4v) is 3.42. The summed E-state index contributed by atoms with van der Waals surface area (Å²) in [5, 5.41) is 10.7. The van der Waals surface area contributed by atoms with Gasteiger partial charge in [0.15, 0.2) is 5.82 Å².